The Labute approximate surface area is 207 Å². The number of benzene rings is 2. The van der Waals surface area contributed by atoms with Crippen molar-refractivity contribution in [1.29, 1.82) is 0 Å². The van der Waals surface area contributed by atoms with E-state index in [9.17, 15) is 9.59 Å². The van der Waals surface area contributed by atoms with Crippen molar-refractivity contribution in [3.8, 4) is 0 Å². The van der Waals surface area contributed by atoms with Crippen molar-refractivity contribution in [2.24, 2.45) is 5.92 Å². The number of rotatable bonds is 9. The number of thioether (sulfide) groups is 1. The van der Waals surface area contributed by atoms with E-state index in [2.05, 4.69) is 20.8 Å². The van der Waals surface area contributed by atoms with Crippen molar-refractivity contribution >= 4 is 52.5 Å². The number of hydrogen-bond acceptors (Lipinski definition) is 5. The molecule has 33 heavy (non-hydrogen) atoms. The molecule has 1 aromatic heterocycles. The summed E-state index contributed by atoms with van der Waals surface area (Å²) in [6, 6.07) is 13.6. The van der Waals surface area contributed by atoms with Gasteiger partial charge in [0, 0.05) is 17.3 Å². The molecule has 3 rings (SSSR count). The average Bonchev–Trinajstić information content (AvgIpc) is 3.18. The zero-order valence-electron chi connectivity index (χ0n) is 18.5. The Kier molecular flexibility index (Phi) is 8.77. The molecular weight excluding hydrogens is 481 g/mol. The van der Waals surface area contributed by atoms with E-state index in [0.29, 0.717) is 28.1 Å². The predicted molar refractivity (Wildman–Crippen MR) is 133 cm³/mol. The van der Waals surface area contributed by atoms with Gasteiger partial charge in [0.15, 0.2) is 11.0 Å². The molecule has 0 radical (unpaired) electrons. The van der Waals surface area contributed by atoms with E-state index < -0.39 is 6.04 Å². The highest BCUT2D eigenvalue weighted by Gasteiger charge is 2.27. The minimum atomic E-state index is -0.399. The second kappa shape index (κ2) is 11.5. The van der Waals surface area contributed by atoms with Crippen LogP contribution >= 0.6 is 35.0 Å². The fraction of sp³-hybridized carbons (Fsp3) is 0.304. The number of halogens is 2. The first-order chi connectivity index (χ1) is 15.8. The Balaban J connectivity index is 1.73. The van der Waals surface area contributed by atoms with E-state index in [4.69, 9.17) is 23.2 Å². The Bertz CT molecular complexity index is 1120. The smallest absolute Gasteiger partial charge is 0.253 e. The van der Waals surface area contributed by atoms with E-state index >= 15 is 0 Å². The van der Waals surface area contributed by atoms with Gasteiger partial charge in [-0.1, -0.05) is 67.0 Å². The highest BCUT2D eigenvalue weighted by Crippen LogP contribution is 2.27. The Morgan fingerprint density at radius 3 is 2.45 bits per heavy atom. The van der Waals surface area contributed by atoms with E-state index in [-0.39, 0.29) is 28.5 Å². The molecule has 7 nitrogen and oxygen atoms in total. The fourth-order valence-electron chi connectivity index (χ4n) is 3.20. The highest BCUT2D eigenvalue weighted by molar-refractivity contribution is 7.99. The molecule has 0 bridgehead atoms. The van der Waals surface area contributed by atoms with Crippen LogP contribution in [-0.4, -0.2) is 32.3 Å². The van der Waals surface area contributed by atoms with Crippen molar-refractivity contribution in [2.45, 2.75) is 38.5 Å². The second-order valence-corrected chi connectivity index (χ2v) is 9.39. The minimum Gasteiger partial charge on any atom is -0.342 e. The summed E-state index contributed by atoms with van der Waals surface area (Å²) in [5.41, 5.74) is 1.07. The third-order valence-electron chi connectivity index (χ3n) is 4.86. The van der Waals surface area contributed by atoms with Gasteiger partial charge >= 0.3 is 0 Å². The van der Waals surface area contributed by atoms with E-state index in [0.717, 1.165) is 5.69 Å². The van der Waals surface area contributed by atoms with Gasteiger partial charge in [-0.15, -0.1) is 10.2 Å². The van der Waals surface area contributed by atoms with Gasteiger partial charge in [0.2, 0.25) is 5.91 Å². The van der Waals surface area contributed by atoms with Crippen LogP contribution in [0, 0.1) is 5.92 Å². The van der Waals surface area contributed by atoms with Crippen molar-refractivity contribution in [2.75, 3.05) is 11.1 Å². The summed E-state index contributed by atoms with van der Waals surface area (Å²) in [4.78, 5) is 25.2. The molecule has 0 unspecified atom stereocenters. The summed E-state index contributed by atoms with van der Waals surface area (Å²) in [6.45, 7) is 6.54. The summed E-state index contributed by atoms with van der Waals surface area (Å²) < 4.78 is 1.91. The van der Waals surface area contributed by atoms with E-state index in [1.165, 1.54) is 17.8 Å². The number of para-hydroxylation sites is 1. The van der Waals surface area contributed by atoms with Gasteiger partial charge < -0.3 is 15.2 Å². The maximum atomic E-state index is 12.9. The van der Waals surface area contributed by atoms with Crippen LogP contribution in [0.15, 0.2) is 53.7 Å². The van der Waals surface area contributed by atoms with E-state index in [1.54, 1.807) is 12.1 Å². The summed E-state index contributed by atoms with van der Waals surface area (Å²) >= 11 is 13.4. The molecule has 3 aromatic rings. The normalized spacial score (nSPS) is 11.9. The number of carbonyl (C=O) groups excluding carboxylic acids is 2. The van der Waals surface area contributed by atoms with Gasteiger partial charge in [-0.3, -0.25) is 9.59 Å². The number of nitrogens with one attached hydrogen (secondary N) is 2. The van der Waals surface area contributed by atoms with Crippen molar-refractivity contribution in [3.63, 3.8) is 0 Å². The number of amides is 2. The van der Waals surface area contributed by atoms with Gasteiger partial charge in [-0.2, -0.15) is 0 Å². The first-order valence-corrected chi connectivity index (χ1v) is 12.2. The zero-order valence-corrected chi connectivity index (χ0v) is 20.8. The molecule has 0 aliphatic heterocycles. The first kappa shape index (κ1) is 25.1. The summed E-state index contributed by atoms with van der Waals surface area (Å²) in [7, 11) is 0. The number of nitrogens with zero attached hydrogens (tertiary/aromatic N) is 3. The van der Waals surface area contributed by atoms with Crippen LogP contribution in [0.25, 0.3) is 0 Å². The molecule has 1 atom stereocenters. The zero-order chi connectivity index (χ0) is 24.0. The molecule has 0 aliphatic rings. The van der Waals surface area contributed by atoms with Gasteiger partial charge in [0.1, 0.15) is 0 Å². The lowest BCUT2D eigenvalue weighted by atomic mass is 10.0. The molecule has 0 fully saturated rings. The molecule has 0 saturated carbocycles. The van der Waals surface area contributed by atoms with E-state index in [1.807, 2.05) is 55.7 Å². The second-order valence-electron chi connectivity index (χ2n) is 7.61. The van der Waals surface area contributed by atoms with Crippen molar-refractivity contribution in [3.05, 3.63) is 70.0 Å². The van der Waals surface area contributed by atoms with Gasteiger partial charge in [-0.25, -0.2) is 0 Å². The maximum Gasteiger partial charge on any atom is 0.253 e. The Hall–Kier alpha value is -2.55. The Morgan fingerprint density at radius 1 is 1.09 bits per heavy atom. The van der Waals surface area contributed by atoms with Crippen LogP contribution in [0.3, 0.4) is 0 Å². The lowest BCUT2D eigenvalue weighted by molar-refractivity contribution is -0.113. The molecule has 2 aromatic carbocycles. The monoisotopic (exact) mass is 505 g/mol. The third-order valence-corrected chi connectivity index (χ3v) is 6.37. The topological polar surface area (TPSA) is 88.9 Å². The van der Waals surface area contributed by atoms with Crippen LogP contribution in [0.4, 0.5) is 5.69 Å². The minimum absolute atomic E-state index is 0.0359. The van der Waals surface area contributed by atoms with Crippen LogP contribution in [-0.2, 0) is 11.3 Å². The fourth-order valence-corrected chi connectivity index (χ4v) is 4.51. The van der Waals surface area contributed by atoms with Crippen LogP contribution < -0.4 is 10.6 Å². The van der Waals surface area contributed by atoms with Gasteiger partial charge in [0.25, 0.3) is 5.91 Å². The summed E-state index contributed by atoms with van der Waals surface area (Å²) in [6.07, 6.45) is 0. The average molecular weight is 506 g/mol. The molecule has 1 heterocycles. The molecule has 10 heteroatoms. The van der Waals surface area contributed by atoms with Crippen LogP contribution in [0.1, 0.15) is 43.0 Å². The number of anilines is 1. The lowest BCUT2D eigenvalue weighted by Crippen LogP contribution is -2.34. The summed E-state index contributed by atoms with van der Waals surface area (Å²) in [5, 5.41) is 15.8. The molecule has 174 valence electrons. The SMILES string of the molecule is CCn1c(SCC(=O)Nc2ccccc2)nnc1[C@@H](NC(=O)c1ccc(Cl)cc1Cl)C(C)C. The van der Waals surface area contributed by atoms with Crippen LogP contribution in [0.5, 0.6) is 0 Å². The number of aromatic nitrogens is 3. The molecule has 2 N–H and O–H groups in total. The quantitative estimate of drug-likeness (QED) is 0.376. The lowest BCUT2D eigenvalue weighted by Gasteiger charge is -2.22. The molecule has 0 aliphatic carbocycles. The predicted octanol–water partition coefficient (Wildman–Crippen LogP) is 5.46. The van der Waals surface area contributed by atoms with Gasteiger partial charge in [-0.05, 0) is 43.2 Å². The number of hydrogen-bond donors (Lipinski definition) is 2. The van der Waals surface area contributed by atoms with Crippen molar-refractivity contribution in [1.82, 2.24) is 20.1 Å². The standard InChI is InChI=1S/C23H25Cl2N5O2S/c1-4-30-21(20(14(2)3)27-22(32)17-11-10-15(24)12-18(17)25)28-29-23(30)33-13-19(31)26-16-8-6-5-7-9-16/h5-12,14,20H,4,13H2,1-3H3,(H,26,31)(H,27,32)/t20-/m0/s1. The number of carbonyl (C=O) groups is 2. The Morgan fingerprint density at radius 2 is 1.82 bits per heavy atom. The largest absolute Gasteiger partial charge is 0.342 e. The third kappa shape index (κ3) is 6.50. The maximum absolute atomic E-state index is 12.9. The first-order valence-electron chi connectivity index (χ1n) is 10.5. The molecular formula is C23H25Cl2N5O2S. The molecule has 0 spiro atoms. The van der Waals surface area contributed by atoms with Gasteiger partial charge in [0.05, 0.1) is 22.4 Å². The molecule has 2 amide bonds. The molecule has 0 saturated heterocycles. The van der Waals surface area contributed by atoms with Crippen molar-refractivity contribution < 1.29 is 9.59 Å². The summed E-state index contributed by atoms with van der Waals surface area (Å²) in [5.74, 6) is 0.388. The highest BCUT2D eigenvalue weighted by atomic mass is 35.5. The van der Waals surface area contributed by atoms with Crippen LogP contribution in [0.2, 0.25) is 10.0 Å².